The van der Waals surface area contributed by atoms with Crippen molar-refractivity contribution in [2.45, 2.75) is 31.6 Å². The Kier molecular flexibility index (Phi) is 6.14. The second-order valence-corrected chi connectivity index (χ2v) is 8.35. The molecule has 1 atom stereocenters. The number of carbonyl (C=O) groups excluding carboxylic acids is 1. The van der Waals surface area contributed by atoms with Crippen molar-refractivity contribution in [2.24, 2.45) is 5.92 Å². The van der Waals surface area contributed by atoms with E-state index in [9.17, 15) is 4.79 Å². The Balaban J connectivity index is 1.49. The number of carbonyl (C=O) groups is 1. The summed E-state index contributed by atoms with van der Waals surface area (Å²) in [7, 11) is 3.83. The lowest BCUT2D eigenvalue weighted by Crippen LogP contribution is -2.45. The fraction of sp³-hybridized carbons (Fsp3) is 0.500. The summed E-state index contributed by atoms with van der Waals surface area (Å²) in [6, 6.07) is 14.2. The van der Waals surface area contributed by atoms with Gasteiger partial charge in [-0.3, -0.25) is 9.78 Å². The van der Waals surface area contributed by atoms with Crippen molar-refractivity contribution in [1.29, 1.82) is 0 Å². The van der Waals surface area contributed by atoms with Gasteiger partial charge in [0, 0.05) is 36.2 Å². The number of pyridine rings is 1. The summed E-state index contributed by atoms with van der Waals surface area (Å²) in [5, 5.41) is 0. The number of likely N-dealkylation sites (tertiary alicyclic amines) is 2. The Morgan fingerprint density at radius 2 is 1.83 bits per heavy atom. The van der Waals surface area contributed by atoms with E-state index in [-0.39, 0.29) is 5.92 Å². The van der Waals surface area contributed by atoms with Crippen LogP contribution in [0.25, 0.3) is 11.3 Å². The number of para-hydroxylation sites is 1. The summed E-state index contributed by atoms with van der Waals surface area (Å²) >= 11 is 0. The lowest BCUT2D eigenvalue weighted by Gasteiger charge is -2.37. The molecule has 1 aromatic carbocycles. The number of piperidine rings is 2. The first-order valence-corrected chi connectivity index (χ1v) is 10.7. The van der Waals surface area contributed by atoms with Crippen LogP contribution in [0.3, 0.4) is 0 Å². The van der Waals surface area contributed by atoms with Gasteiger partial charge in [0.05, 0.1) is 12.8 Å². The van der Waals surface area contributed by atoms with Crippen molar-refractivity contribution in [1.82, 2.24) is 14.8 Å². The Morgan fingerprint density at radius 3 is 2.62 bits per heavy atom. The summed E-state index contributed by atoms with van der Waals surface area (Å²) < 4.78 is 5.51. The highest BCUT2D eigenvalue weighted by Crippen LogP contribution is 2.32. The molecule has 3 heterocycles. The number of amides is 1. The molecule has 2 fully saturated rings. The minimum absolute atomic E-state index is 0.192. The third-order valence-corrected chi connectivity index (χ3v) is 6.37. The fourth-order valence-corrected chi connectivity index (χ4v) is 4.62. The van der Waals surface area contributed by atoms with E-state index in [1.165, 1.54) is 0 Å². The zero-order valence-corrected chi connectivity index (χ0v) is 17.5. The van der Waals surface area contributed by atoms with Gasteiger partial charge < -0.3 is 14.5 Å². The maximum atomic E-state index is 13.1. The first kappa shape index (κ1) is 19.9. The average Bonchev–Trinajstić information content (AvgIpc) is 2.79. The van der Waals surface area contributed by atoms with Crippen LogP contribution in [0.5, 0.6) is 5.75 Å². The van der Waals surface area contributed by atoms with Gasteiger partial charge in [0.2, 0.25) is 5.91 Å². The molecule has 154 valence electrons. The van der Waals surface area contributed by atoms with Crippen LogP contribution in [0.2, 0.25) is 0 Å². The molecule has 2 aliphatic heterocycles. The standard InChI is InChI=1S/C24H31N3O2/c1-26-15-12-18(13-16-26)24(28)27-14-6-7-19(17-27)21-9-5-10-22(25-21)20-8-3-4-11-23(20)29-2/h3-5,8-11,18-19H,6-7,12-17H2,1-2H3/t19-/m1/s1. The summed E-state index contributed by atoms with van der Waals surface area (Å²) in [4.78, 5) is 22.5. The van der Waals surface area contributed by atoms with Crippen LogP contribution in [0.4, 0.5) is 0 Å². The van der Waals surface area contributed by atoms with E-state index in [0.717, 1.165) is 74.6 Å². The van der Waals surface area contributed by atoms with Crippen molar-refractivity contribution in [3.8, 4) is 17.0 Å². The third-order valence-electron chi connectivity index (χ3n) is 6.37. The summed E-state index contributed by atoms with van der Waals surface area (Å²) in [5.74, 6) is 1.68. The first-order valence-electron chi connectivity index (χ1n) is 10.7. The van der Waals surface area contributed by atoms with Gasteiger partial charge in [0.15, 0.2) is 0 Å². The third kappa shape index (κ3) is 4.45. The number of nitrogens with zero attached hydrogens (tertiary/aromatic N) is 3. The van der Waals surface area contributed by atoms with Crippen molar-refractivity contribution in [3.63, 3.8) is 0 Å². The van der Waals surface area contributed by atoms with Crippen molar-refractivity contribution < 1.29 is 9.53 Å². The minimum Gasteiger partial charge on any atom is -0.496 e. The highest BCUT2D eigenvalue weighted by atomic mass is 16.5. The van der Waals surface area contributed by atoms with E-state index in [1.807, 2.05) is 30.3 Å². The number of methoxy groups -OCH3 is 1. The second kappa shape index (κ2) is 8.95. The molecule has 5 nitrogen and oxygen atoms in total. The van der Waals surface area contributed by atoms with Gasteiger partial charge in [-0.05, 0) is 70.1 Å². The molecule has 0 aliphatic carbocycles. The van der Waals surface area contributed by atoms with E-state index < -0.39 is 0 Å². The highest BCUT2D eigenvalue weighted by Gasteiger charge is 2.31. The number of aromatic nitrogens is 1. The molecule has 29 heavy (non-hydrogen) atoms. The topological polar surface area (TPSA) is 45.7 Å². The lowest BCUT2D eigenvalue weighted by molar-refractivity contribution is -0.138. The number of rotatable bonds is 4. The molecule has 4 rings (SSSR count). The molecule has 1 amide bonds. The van der Waals surface area contributed by atoms with E-state index in [1.54, 1.807) is 7.11 Å². The summed E-state index contributed by atoms with van der Waals surface area (Å²) in [6.45, 7) is 3.72. The van der Waals surface area contributed by atoms with Crippen LogP contribution < -0.4 is 4.74 Å². The maximum Gasteiger partial charge on any atom is 0.225 e. The van der Waals surface area contributed by atoms with E-state index >= 15 is 0 Å². The van der Waals surface area contributed by atoms with Crippen LogP contribution >= 0.6 is 0 Å². The van der Waals surface area contributed by atoms with Crippen LogP contribution in [-0.4, -0.2) is 61.0 Å². The average molecular weight is 394 g/mol. The van der Waals surface area contributed by atoms with Gasteiger partial charge in [-0.1, -0.05) is 18.2 Å². The summed E-state index contributed by atoms with van der Waals surface area (Å²) in [5.41, 5.74) is 3.01. The Bertz CT molecular complexity index is 846. The van der Waals surface area contributed by atoms with E-state index in [4.69, 9.17) is 9.72 Å². The first-order chi connectivity index (χ1) is 14.2. The predicted octanol–water partition coefficient (Wildman–Crippen LogP) is 3.81. The van der Waals surface area contributed by atoms with Gasteiger partial charge in [-0.2, -0.15) is 0 Å². The van der Waals surface area contributed by atoms with Crippen LogP contribution in [0, 0.1) is 5.92 Å². The van der Waals surface area contributed by atoms with Crippen molar-refractivity contribution in [2.75, 3.05) is 40.3 Å². The zero-order chi connectivity index (χ0) is 20.2. The Hall–Kier alpha value is -2.40. The quantitative estimate of drug-likeness (QED) is 0.793. The van der Waals surface area contributed by atoms with Crippen molar-refractivity contribution >= 4 is 5.91 Å². The Labute approximate surface area is 173 Å². The van der Waals surface area contributed by atoms with Crippen LogP contribution in [-0.2, 0) is 4.79 Å². The minimum atomic E-state index is 0.192. The van der Waals surface area contributed by atoms with Crippen LogP contribution in [0.15, 0.2) is 42.5 Å². The number of ether oxygens (including phenoxy) is 1. The van der Waals surface area contributed by atoms with Gasteiger partial charge >= 0.3 is 0 Å². The molecule has 2 aromatic rings. The van der Waals surface area contributed by atoms with Gasteiger partial charge in [-0.25, -0.2) is 0 Å². The predicted molar refractivity (Wildman–Crippen MR) is 115 cm³/mol. The SMILES string of the molecule is COc1ccccc1-c1cccc([C@@H]2CCCN(C(=O)C3CCN(C)CC3)C2)n1. The van der Waals surface area contributed by atoms with Gasteiger partial charge in [-0.15, -0.1) is 0 Å². The molecule has 5 heteroatoms. The molecule has 0 spiro atoms. The zero-order valence-electron chi connectivity index (χ0n) is 17.5. The molecule has 0 N–H and O–H groups in total. The molecular weight excluding hydrogens is 362 g/mol. The molecule has 0 radical (unpaired) electrons. The smallest absolute Gasteiger partial charge is 0.225 e. The van der Waals surface area contributed by atoms with Gasteiger partial charge in [0.25, 0.3) is 0 Å². The molecule has 0 bridgehead atoms. The lowest BCUT2D eigenvalue weighted by atomic mass is 9.90. The normalized spacial score (nSPS) is 21.2. The van der Waals surface area contributed by atoms with Crippen LogP contribution in [0.1, 0.15) is 37.3 Å². The molecule has 1 aromatic heterocycles. The number of benzene rings is 1. The molecule has 2 aliphatic rings. The molecule has 0 saturated carbocycles. The summed E-state index contributed by atoms with van der Waals surface area (Å²) in [6.07, 6.45) is 4.10. The fourth-order valence-electron chi connectivity index (χ4n) is 4.62. The molecule has 2 saturated heterocycles. The molecular formula is C24H31N3O2. The van der Waals surface area contributed by atoms with E-state index in [0.29, 0.717) is 11.8 Å². The van der Waals surface area contributed by atoms with Gasteiger partial charge in [0.1, 0.15) is 5.75 Å². The number of hydrogen-bond acceptors (Lipinski definition) is 4. The largest absolute Gasteiger partial charge is 0.496 e. The van der Waals surface area contributed by atoms with E-state index in [2.05, 4.69) is 29.0 Å². The monoisotopic (exact) mass is 393 g/mol. The molecule has 0 unspecified atom stereocenters. The highest BCUT2D eigenvalue weighted by molar-refractivity contribution is 5.79. The Morgan fingerprint density at radius 1 is 1.03 bits per heavy atom. The maximum absolute atomic E-state index is 13.1. The number of hydrogen-bond donors (Lipinski definition) is 0. The second-order valence-electron chi connectivity index (χ2n) is 8.35. The van der Waals surface area contributed by atoms with Crippen molar-refractivity contribution in [3.05, 3.63) is 48.2 Å².